The van der Waals surface area contributed by atoms with E-state index in [2.05, 4.69) is 36.4 Å². The Hall–Kier alpha value is -2.31. The van der Waals surface area contributed by atoms with Gasteiger partial charge in [-0.1, -0.05) is 43.5 Å². The summed E-state index contributed by atoms with van der Waals surface area (Å²) in [6.07, 6.45) is 6.85. The molecule has 3 rings (SSSR count). The Morgan fingerprint density at radius 2 is 1.66 bits per heavy atom. The van der Waals surface area contributed by atoms with Crippen molar-refractivity contribution in [2.75, 3.05) is 38.8 Å². The standard InChI is InChI=1S/C26H35N3O2S/c1-28(2)18-17-20-13-15-21(16-14-20)27-26(31)23-11-7-8-12-24(23)32-19-25(30)29(3)22-9-5-4-6-10-22/h7-8,11-16,22H,4-6,9-10,17-19H2,1-3H3,(H,27,31). The molecule has 2 aromatic rings. The molecule has 0 spiro atoms. The molecule has 0 atom stereocenters. The number of hydrogen-bond acceptors (Lipinski definition) is 4. The van der Waals surface area contributed by atoms with Gasteiger partial charge in [0.05, 0.1) is 11.3 Å². The molecule has 0 aromatic heterocycles. The fraction of sp³-hybridized carbons (Fsp3) is 0.462. The van der Waals surface area contributed by atoms with Crippen LogP contribution in [0, 0.1) is 0 Å². The van der Waals surface area contributed by atoms with E-state index in [1.54, 1.807) is 0 Å². The van der Waals surface area contributed by atoms with E-state index >= 15 is 0 Å². The van der Waals surface area contributed by atoms with Crippen LogP contribution >= 0.6 is 11.8 Å². The first kappa shape index (κ1) is 24.3. The smallest absolute Gasteiger partial charge is 0.256 e. The molecule has 0 bridgehead atoms. The van der Waals surface area contributed by atoms with Crippen LogP contribution in [-0.4, -0.2) is 61.1 Å². The zero-order chi connectivity index (χ0) is 22.9. The van der Waals surface area contributed by atoms with E-state index in [9.17, 15) is 9.59 Å². The number of hydrogen-bond donors (Lipinski definition) is 1. The van der Waals surface area contributed by atoms with E-state index in [1.165, 1.54) is 36.6 Å². The summed E-state index contributed by atoms with van der Waals surface area (Å²) in [7, 11) is 6.04. The first-order valence-corrected chi connectivity index (χ1v) is 12.4. The summed E-state index contributed by atoms with van der Waals surface area (Å²) in [5.41, 5.74) is 2.62. The monoisotopic (exact) mass is 453 g/mol. The van der Waals surface area contributed by atoms with Crippen molar-refractivity contribution in [3.63, 3.8) is 0 Å². The molecule has 0 unspecified atom stereocenters. The van der Waals surface area contributed by atoms with Crippen molar-refractivity contribution in [3.05, 3.63) is 59.7 Å². The van der Waals surface area contributed by atoms with Gasteiger partial charge in [0.15, 0.2) is 0 Å². The first-order valence-electron chi connectivity index (χ1n) is 11.5. The Kier molecular flexibility index (Phi) is 9.18. The lowest BCUT2D eigenvalue weighted by molar-refractivity contribution is -0.129. The number of benzene rings is 2. The van der Waals surface area contributed by atoms with Crippen molar-refractivity contribution in [2.45, 2.75) is 49.5 Å². The van der Waals surface area contributed by atoms with Crippen LogP contribution < -0.4 is 5.32 Å². The largest absolute Gasteiger partial charge is 0.342 e. The summed E-state index contributed by atoms with van der Waals surface area (Å²) in [6.45, 7) is 0.991. The van der Waals surface area contributed by atoms with Crippen LogP contribution in [0.3, 0.4) is 0 Å². The molecule has 0 radical (unpaired) electrons. The summed E-state index contributed by atoms with van der Waals surface area (Å²) in [5.74, 6) is 0.324. The third kappa shape index (κ3) is 7.10. The molecule has 0 saturated heterocycles. The second-order valence-electron chi connectivity index (χ2n) is 8.79. The number of rotatable bonds is 9. The van der Waals surface area contributed by atoms with Gasteiger partial charge in [-0.2, -0.15) is 0 Å². The number of nitrogens with one attached hydrogen (secondary N) is 1. The Bertz CT molecular complexity index is 892. The number of carbonyl (C=O) groups is 2. The highest BCUT2D eigenvalue weighted by molar-refractivity contribution is 8.00. The summed E-state index contributed by atoms with van der Waals surface area (Å²) >= 11 is 1.44. The minimum Gasteiger partial charge on any atom is -0.342 e. The van der Waals surface area contributed by atoms with Crippen LogP contribution in [0.5, 0.6) is 0 Å². The number of nitrogens with zero attached hydrogens (tertiary/aromatic N) is 2. The van der Waals surface area contributed by atoms with Crippen molar-refractivity contribution in [1.29, 1.82) is 0 Å². The Labute approximate surface area is 196 Å². The van der Waals surface area contributed by atoms with Gasteiger partial charge in [-0.15, -0.1) is 11.8 Å². The third-order valence-corrected chi connectivity index (χ3v) is 7.12. The lowest BCUT2D eigenvalue weighted by atomic mass is 9.94. The van der Waals surface area contributed by atoms with Gasteiger partial charge >= 0.3 is 0 Å². The summed E-state index contributed by atoms with van der Waals surface area (Å²) < 4.78 is 0. The van der Waals surface area contributed by atoms with Gasteiger partial charge in [-0.05, 0) is 63.2 Å². The van der Waals surface area contributed by atoms with E-state index < -0.39 is 0 Å². The molecule has 1 aliphatic carbocycles. The average Bonchev–Trinajstić information content (AvgIpc) is 2.82. The molecule has 2 aromatic carbocycles. The maximum atomic E-state index is 12.9. The van der Waals surface area contributed by atoms with Gasteiger partial charge in [0.1, 0.15) is 0 Å². The molecule has 1 aliphatic rings. The third-order valence-electron chi connectivity index (χ3n) is 6.06. The average molecular weight is 454 g/mol. The van der Waals surface area contributed by atoms with Crippen molar-refractivity contribution in [1.82, 2.24) is 9.80 Å². The van der Waals surface area contributed by atoms with Crippen LogP contribution in [0.15, 0.2) is 53.4 Å². The normalized spacial score (nSPS) is 14.4. The van der Waals surface area contributed by atoms with Crippen LogP contribution in [0.1, 0.15) is 48.0 Å². The number of thioether (sulfide) groups is 1. The molecule has 0 aliphatic heterocycles. The van der Waals surface area contributed by atoms with Gasteiger partial charge < -0.3 is 15.1 Å². The molecular weight excluding hydrogens is 418 g/mol. The number of likely N-dealkylation sites (N-methyl/N-ethyl adjacent to an activating group) is 1. The number of anilines is 1. The number of carbonyl (C=O) groups excluding carboxylic acids is 2. The lowest BCUT2D eigenvalue weighted by Crippen LogP contribution is -2.39. The van der Waals surface area contributed by atoms with E-state index in [-0.39, 0.29) is 11.8 Å². The predicted octanol–water partition coefficient (Wildman–Crippen LogP) is 4.93. The van der Waals surface area contributed by atoms with Gasteiger partial charge in [-0.3, -0.25) is 9.59 Å². The first-order chi connectivity index (χ1) is 15.4. The summed E-state index contributed by atoms with van der Waals surface area (Å²) in [6, 6.07) is 15.9. The van der Waals surface area contributed by atoms with Crippen molar-refractivity contribution >= 4 is 29.3 Å². The van der Waals surface area contributed by atoms with E-state index in [4.69, 9.17) is 0 Å². The molecule has 1 N–H and O–H groups in total. The molecule has 172 valence electrons. The minimum absolute atomic E-state index is 0.130. The Morgan fingerprint density at radius 3 is 2.34 bits per heavy atom. The highest BCUT2D eigenvalue weighted by Crippen LogP contribution is 2.26. The molecule has 2 amide bonds. The number of amides is 2. The molecule has 1 saturated carbocycles. The van der Waals surface area contributed by atoms with E-state index in [0.717, 1.165) is 36.4 Å². The van der Waals surface area contributed by atoms with Crippen LogP contribution in [0.25, 0.3) is 0 Å². The maximum absolute atomic E-state index is 12.9. The van der Waals surface area contributed by atoms with Gasteiger partial charge in [0.25, 0.3) is 5.91 Å². The molecule has 32 heavy (non-hydrogen) atoms. The molecule has 5 nitrogen and oxygen atoms in total. The fourth-order valence-corrected chi connectivity index (χ4v) is 4.97. The molecule has 1 fully saturated rings. The molecule has 0 heterocycles. The predicted molar refractivity (Wildman–Crippen MR) is 133 cm³/mol. The minimum atomic E-state index is -0.151. The maximum Gasteiger partial charge on any atom is 0.256 e. The van der Waals surface area contributed by atoms with Crippen molar-refractivity contribution in [3.8, 4) is 0 Å². The SMILES string of the molecule is CN(C)CCc1ccc(NC(=O)c2ccccc2SCC(=O)N(C)C2CCCCC2)cc1. The summed E-state index contributed by atoms with van der Waals surface area (Å²) in [5, 5.41) is 2.99. The van der Waals surface area contributed by atoms with E-state index in [0.29, 0.717) is 17.4 Å². The highest BCUT2D eigenvalue weighted by Gasteiger charge is 2.22. The zero-order valence-corrected chi connectivity index (χ0v) is 20.3. The lowest BCUT2D eigenvalue weighted by Gasteiger charge is -2.31. The van der Waals surface area contributed by atoms with Crippen LogP contribution in [0.4, 0.5) is 5.69 Å². The topological polar surface area (TPSA) is 52.7 Å². The highest BCUT2D eigenvalue weighted by atomic mass is 32.2. The quantitative estimate of drug-likeness (QED) is 0.547. The van der Waals surface area contributed by atoms with Crippen molar-refractivity contribution < 1.29 is 9.59 Å². The van der Waals surface area contributed by atoms with Gasteiger partial charge in [-0.25, -0.2) is 0 Å². The summed E-state index contributed by atoms with van der Waals surface area (Å²) in [4.78, 5) is 30.5. The van der Waals surface area contributed by atoms with Gasteiger partial charge in [0.2, 0.25) is 5.91 Å². The Morgan fingerprint density at radius 1 is 0.969 bits per heavy atom. The Balaban J connectivity index is 1.58. The second-order valence-corrected chi connectivity index (χ2v) is 9.80. The molecular formula is C26H35N3O2S. The van der Waals surface area contributed by atoms with Gasteiger partial charge in [0, 0.05) is 30.2 Å². The fourth-order valence-electron chi connectivity index (χ4n) is 4.00. The van der Waals surface area contributed by atoms with Crippen molar-refractivity contribution in [2.24, 2.45) is 0 Å². The molecule has 6 heteroatoms. The van der Waals surface area contributed by atoms with E-state index in [1.807, 2.05) is 48.3 Å². The zero-order valence-electron chi connectivity index (χ0n) is 19.5. The second kappa shape index (κ2) is 12.1. The van der Waals surface area contributed by atoms with Crippen LogP contribution in [0.2, 0.25) is 0 Å². The van der Waals surface area contributed by atoms with Crippen LogP contribution in [-0.2, 0) is 11.2 Å².